The average molecular weight is 273 g/mol. The molecule has 2 heteroatoms. The molecule has 110 valence electrons. The molecule has 4 unspecified atom stereocenters. The Kier molecular flexibility index (Phi) is 4.42. The minimum absolute atomic E-state index is 0.317. The van der Waals surface area contributed by atoms with E-state index in [1.165, 1.54) is 31.2 Å². The molecule has 1 aliphatic heterocycles. The number of aryl methyl sites for hydroxylation is 1. The highest BCUT2D eigenvalue weighted by atomic mass is 16.3. The zero-order valence-corrected chi connectivity index (χ0v) is 12.5. The molecule has 1 saturated carbocycles. The van der Waals surface area contributed by atoms with E-state index in [-0.39, 0.29) is 6.10 Å². The normalized spacial score (nSPS) is 30.4. The lowest BCUT2D eigenvalue weighted by Gasteiger charge is -2.22. The number of rotatable bonds is 5. The Labute approximate surface area is 122 Å². The van der Waals surface area contributed by atoms with Crippen LogP contribution in [0.4, 0.5) is 0 Å². The van der Waals surface area contributed by atoms with E-state index in [4.69, 9.17) is 0 Å². The molecule has 1 saturated heterocycles. The average Bonchev–Trinajstić information content (AvgIpc) is 3.05. The Morgan fingerprint density at radius 1 is 1.25 bits per heavy atom. The van der Waals surface area contributed by atoms with Crippen LogP contribution in [-0.2, 0) is 6.42 Å². The van der Waals surface area contributed by atoms with Crippen LogP contribution in [0.3, 0.4) is 0 Å². The number of hydrogen-bond donors (Lipinski definition) is 2. The Morgan fingerprint density at radius 3 is 2.80 bits per heavy atom. The van der Waals surface area contributed by atoms with E-state index in [0.717, 1.165) is 36.8 Å². The SMILES string of the molecule is CCCc1ccc(C(O)CC2NCC3CCCC32)cc1. The highest BCUT2D eigenvalue weighted by Gasteiger charge is 2.39. The first kappa shape index (κ1) is 14.1. The van der Waals surface area contributed by atoms with Crippen molar-refractivity contribution < 1.29 is 5.11 Å². The largest absolute Gasteiger partial charge is 0.388 e. The van der Waals surface area contributed by atoms with E-state index >= 15 is 0 Å². The molecule has 2 aliphatic rings. The first-order valence-electron chi connectivity index (χ1n) is 8.28. The molecule has 1 heterocycles. The Hall–Kier alpha value is -0.860. The second-order valence-electron chi connectivity index (χ2n) is 6.61. The Morgan fingerprint density at radius 2 is 2.05 bits per heavy atom. The van der Waals surface area contributed by atoms with Gasteiger partial charge in [0.1, 0.15) is 0 Å². The van der Waals surface area contributed by atoms with Gasteiger partial charge >= 0.3 is 0 Å². The first-order chi connectivity index (χ1) is 9.78. The summed E-state index contributed by atoms with van der Waals surface area (Å²) in [4.78, 5) is 0. The molecule has 0 radical (unpaired) electrons. The molecule has 2 nitrogen and oxygen atoms in total. The van der Waals surface area contributed by atoms with Crippen LogP contribution in [-0.4, -0.2) is 17.7 Å². The lowest BCUT2D eigenvalue weighted by atomic mass is 9.89. The molecule has 1 aliphatic carbocycles. The molecular formula is C18H27NO. The lowest BCUT2D eigenvalue weighted by molar-refractivity contribution is 0.145. The van der Waals surface area contributed by atoms with Gasteiger partial charge in [-0.25, -0.2) is 0 Å². The predicted molar refractivity (Wildman–Crippen MR) is 82.6 cm³/mol. The molecular weight excluding hydrogens is 246 g/mol. The van der Waals surface area contributed by atoms with Gasteiger partial charge in [0, 0.05) is 6.04 Å². The minimum Gasteiger partial charge on any atom is -0.388 e. The Bertz CT molecular complexity index is 428. The van der Waals surface area contributed by atoms with E-state index in [0.29, 0.717) is 6.04 Å². The maximum Gasteiger partial charge on any atom is 0.0805 e. The quantitative estimate of drug-likeness (QED) is 0.861. The molecule has 0 spiro atoms. The van der Waals surface area contributed by atoms with E-state index in [1.807, 2.05) is 0 Å². The molecule has 0 aromatic heterocycles. The van der Waals surface area contributed by atoms with Crippen molar-refractivity contribution in [2.45, 2.75) is 57.6 Å². The fourth-order valence-electron chi connectivity index (χ4n) is 4.13. The van der Waals surface area contributed by atoms with Gasteiger partial charge in [-0.2, -0.15) is 0 Å². The zero-order chi connectivity index (χ0) is 13.9. The second-order valence-corrected chi connectivity index (χ2v) is 6.61. The molecule has 0 amide bonds. The van der Waals surface area contributed by atoms with Crippen molar-refractivity contribution in [3.63, 3.8) is 0 Å². The number of aliphatic hydroxyl groups is 1. The third-order valence-electron chi connectivity index (χ3n) is 5.26. The number of fused-ring (bicyclic) bond motifs is 1. The summed E-state index contributed by atoms with van der Waals surface area (Å²) in [6.45, 7) is 3.37. The van der Waals surface area contributed by atoms with Crippen molar-refractivity contribution in [3.05, 3.63) is 35.4 Å². The molecule has 0 bridgehead atoms. The van der Waals surface area contributed by atoms with Gasteiger partial charge < -0.3 is 10.4 Å². The fourth-order valence-corrected chi connectivity index (χ4v) is 4.13. The smallest absolute Gasteiger partial charge is 0.0805 e. The maximum absolute atomic E-state index is 10.5. The number of aliphatic hydroxyl groups excluding tert-OH is 1. The summed E-state index contributed by atoms with van der Waals surface area (Å²) in [5.74, 6) is 1.68. The van der Waals surface area contributed by atoms with Gasteiger partial charge in [0.2, 0.25) is 0 Å². The first-order valence-corrected chi connectivity index (χ1v) is 8.28. The summed E-state index contributed by atoms with van der Waals surface area (Å²) < 4.78 is 0. The standard InChI is InChI=1S/C18H27NO/c1-2-4-13-7-9-14(10-8-13)18(20)11-17-16-6-3-5-15(16)12-19-17/h7-10,15-20H,2-6,11-12H2,1H3. The minimum atomic E-state index is -0.317. The monoisotopic (exact) mass is 273 g/mol. The van der Waals surface area contributed by atoms with Crippen molar-refractivity contribution in [1.29, 1.82) is 0 Å². The highest BCUT2D eigenvalue weighted by Crippen LogP contribution is 2.40. The zero-order valence-electron chi connectivity index (χ0n) is 12.5. The van der Waals surface area contributed by atoms with Gasteiger partial charge in [0.25, 0.3) is 0 Å². The summed E-state index contributed by atoms with van der Waals surface area (Å²) in [5, 5.41) is 14.1. The van der Waals surface area contributed by atoms with Crippen LogP contribution in [0.1, 0.15) is 56.3 Å². The van der Waals surface area contributed by atoms with Gasteiger partial charge in [-0.1, -0.05) is 44.0 Å². The summed E-state index contributed by atoms with van der Waals surface area (Å²) in [7, 11) is 0. The molecule has 2 N–H and O–H groups in total. The van der Waals surface area contributed by atoms with Crippen molar-refractivity contribution >= 4 is 0 Å². The van der Waals surface area contributed by atoms with E-state index in [9.17, 15) is 5.11 Å². The number of benzene rings is 1. The van der Waals surface area contributed by atoms with Crippen LogP contribution in [0.25, 0.3) is 0 Å². The van der Waals surface area contributed by atoms with E-state index < -0.39 is 0 Å². The third-order valence-corrected chi connectivity index (χ3v) is 5.26. The van der Waals surface area contributed by atoms with E-state index in [2.05, 4.69) is 36.5 Å². The summed E-state index contributed by atoms with van der Waals surface area (Å²) in [5.41, 5.74) is 2.45. The summed E-state index contributed by atoms with van der Waals surface area (Å²) in [6.07, 6.45) is 6.98. The molecule has 3 rings (SSSR count). The number of hydrogen-bond acceptors (Lipinski definition) is 2. The fraction of sp³-hybridized carbons (Fsp3) is 0.667. The lowest BCUT2D eigenvalue weighted by Crippen LogP contribution is -2.28. The highest BCUT2D eigenvalue weighted by molar-refractivity contribution is 5.24. The summed E-state index contributed by atoms with van der Waals surface area (Å²) >= 11 is 0. The second kappa shape index (κ2) is 6.28. The van der Waals surface area contributed by atoms with Crippen LogP contribution >= 0.6 is 0 Å². The van der Waals surface area contributed by atoms with Gasteiger partial charge in [-0.3, -0.25) is 0 Å². The molecule has 1 aromatic rings. The topological polar surface area (TPSA) is 32.3 Å². The van der Waals surface area contributed by atoms with Gasteiger partial charge in [-0.05, 0) is 55.2 Å². The van der Waals surface area contributed by atoms with Gasteiger partial charge in [0.05, 0.1) is 6.10 Å². The van der Waals surface area contributed by atoms with Crippen molar-refractivity contribution in [1.82, 2.24) is 5.32 Å². The van der Waals surface area contributed by atoms with Crippen molar-refractivity contribution in [2.75, 3.05) is 6.54 Å². The Balaban J connectivity index is 1.59. The third kappa shape index (κ3) is 2.91. The molecule has 4 atom stereocenters. The van der Waals surface area contributed by atoms with Gasteiger partial charge in [-0.15, -0.1) is 0 Å². The summed E-state index contributed by atoms with van der Waals surface area (Å²) in [6, 6.07) is 9.08. The van der Waals surface area contributed by atoms with E-state index in [1.54, 1.807) is 0 Å². The van der Waals surface area contributed by atoms with Crippen molar-refractivity contribution in [2.24, 2.45) is 11.8 Å². The number of nitrogens with one attached hydrogen (secondary N) is 1. The molecule has 20 heavy (non-hydrogen) atoms. The molecule has 1 aromatic carbocycles. The predicted octanol–water partition coefficient (Wildman–Crippen LogP) is 3.45. The van der Waals surface area contributed by atoms with Crippen LogP contribution in [0, 0.1) is 11.8 Å². The van der Waals surface area contributed by atoms with Crippen molar-refractivity contribution in [3.8, 4) is 0 Å². The van der Waals surface area contributed by atoms with Crippen LogP contribution in [0.2, 0.25) is 0 Å². The van der Waals surface area contributed by atoms with Crippen LogP contribution in [0.5, 0.6) is 0 Å². The van der Waals surface area contributed by atoms with Crippen LogP contribution in [0.15, 0.2) is 24.3 Å². The maximum atomic E-state index is 10.5. The van der Waals surface area contributed by atoms with Gasteiger partial charge in [0.15, 0.2) is 0 Å². The molecule has 2 fully saturated rings. The van der Waals surface area contributed by atoms with Crippen LogP contribution < -0.4 is 5.32 Å².